The molecule has 0 spiro atoms. The summed E-state index contributed by atoms with van der Waals surface area (Å²) >= 11 is 12.4. The molecule has 1 amide bonds. The first-order chi connectivity index (χ1) is 13.3. The number of benzene rings is 2. The Kier molecular flexibility index (Phi) is 6.28. The van der Waals surface area contributed by atoms with Crippen LogP contribution in [0.25, 0.3) is 0 Å². The van der Waals surface area contributed by atoms with E-state index < -0.39 is 11.9 Å². The van der Waals surface area contributed by atoms with Crippen molar-refractivity contribution in [1.82, 2.24) is 5.32 Å². The molecule has 1 saturated carbocycles. The number of aromatic hydroxyl groups is 1. The quantitative estimate of drug-likeness (QED) is 0.518. The van der Waals surface area contributed by atoms with Crippen molar-refractivity contribution < 1.29 is 24.5 Å². The maximum atomic E-state index is 11.3. The smallest absolute Gasteiger partial charge is 0.394 e. The minimum absolute atomic E-state index is 0.0930. The SMILES string of the molecule is O=C(O)C(=O)Nc1cc(Cl)c(Oc2ccc(O)c(CNC3CCC3)c2)c(Cl)c1. The molecule has 0 unspecified atom stereocenters. The van der Waals surface area contributed by atoms with Crippen molar-refractivity contribution in [3.05, 3.63) is 45.9 Å². The number of carboxylic acid groups (broad SMARTS) is 1. The van der Waals surface area contributed by atoms with E-state index in [2.05, 4.69) is 10.6 Å². The number of nitrogens with one attached hydrogen (secondary N) is 2. The summed E-state index contributed by atoms with van der Waals surface area (Å²) in [6.45, 7) is 0.509. The van der Waals surface area contributed by atoms with Gasteiger partial charge < -0.3 is 25.6 Å². The largest absolute Gasteiger partial charge is 0.508 e. The normalized spacial score (nSPS) is 13.6. The predicted octanol–water partition coefficient (Wildman–Crippen LogP) is 4.16. The molecule has 0 aromatic heterocycles. The average Bonchev–Trinajstić information content (AvgIpc) is 2.59. The summed E-state index contributed by atoms with van der Waals surface area (Å²) in [6.07, 6.45) is 3.48. The number of amides is 1. The Bertz CT molecular complexity index is 892. The molecule has 3 rings (SSSR count). The van der Waals surface area contributed by atoms with Crippen molar-refractivity contribution in [2.45, 2.75) is 31.8 Å². The summed E-state index contributed by atoms with van der Waals surface area (Å²) in [5, 5.41) is 24.4. The summed E-state index contributed by atoms with van der Waals surface area (Å²) in [7, 11) is 0. The van der Waals surface area contributed by atoms with E-state index in [0.29, 0.717) is 23.9 Å². The lowest BCUT2D eigenvalue weighted by molar-refractivity contribution is -0.147. The Balaban J connectivity index is 1.75. The van der Waals surface area contributed by atoms with Crippen LogP contribution >= 0.6 is 23.2 Å². The van der Waals surface area contributed by atoms with Gasteiger partial charge >= 0.3 is 11.9 Å². The third-order valence-electron chi connectivity index (χ3n) is 4.41. The molecule has 9 heteroatoms. The minimum Gasteiger partial charge on any atom is -0.508 e. The van der Waals surface area contributed by atoms with E-state index in [0.717, 1.165) is 12.8 Å². The van der Waals surface area contributed by atoms with Gasteiger partial charge in [-0.2, -0.15) is 0 Å². The molecule has 0 bridgehead atoms. The first kappa shape index (κ1) is 20.3. The maximum Gasteiger partial charge on any atom is 0.394 e. The van der Waals surface area contributed by atoms with Gasteiger partial charge in [-0.1, -0.05) is 29.6 Å². The fourth-order valence-corrected chi connectivity index (χ4v) is 3.23. The first-order valence-corrected chi connectivity index (χ1v) is 9.35. The third-order valence-corrected chi connectivity index (χ3v) is 4.97. The molecule has 1 aliphatic carbocycles. The standard InChI is InChI=1S/C19H18Cl2N2O5/c20-14-7-12(23-18(25)19(26)27)8-15(21)17(14)28-13-4-5-16(24)10(6-13)9-22-11-2-1-3-11/h4-8,11,22,24H,1-3,9H2,(H,23,25)(H,26,27). The summed E-state index contributed by atoms with van der Waals surface area (Å²) < 4.78 is 5.76. The molecule has 1 aliphatic rings. The Morgan fingerprint density at radius 2 is 1.82 bits per heavy atom. The predicted molar refractivity (Wildman–Crippen MR) is 105 cm³/mol. The van der Waals surface area contributed by atoms with Crippen LogP contribution in [0.4, 0.5) is 5.69 Å². The van der Waals surface area contributed by atoms with Gasteiger partial charge in [0.1, 0.15) is 11.5 Å². The summed E-state index contributed by atoms with van der Waals surface area (Å²) in [5.74, 6) is -2.10. The Morgan fingerprint density at radius 1 is 1.14 bits per heavy atom. The Labute approximate surface area is 171 Å². The summed E-state index contributed by atoms with van der Waals surface area (Å²) in [4.78, 5) is 21.9. The van der Waals surface area contributed by atoms with E-state index in [4.69, 9.17) is 33.0 Å². The highest BCUT2D eigenvalue weighted by atomic mass is 35.5. The Hall–Kier alpha value is -2.48. The number of carboxylic acids is 1. The highest BCUT2D eigenvalue weighted by Gasteiger charge is 2.18. The van der Waals surface area contributed by atoms with Crippen LogP contribution in [0.15, 0.2) is 30.3 Å². The zero-order valence-corrected chi connectivity index (χ0v) is 16.2. The first-order valence-electron chi connectivity index (χ1n) is 8.60. The molecule has 4 N–H and O–H groups in total. The van der Waals surface area contributed by atoms with Crippen LogP contribution in [0.5, 0.6) is 17.2 Å². The van der Waals surface area contributed by atoms with Crippen LogP contribution in [0.3, 0.4) is 0 Å². The fraction of sp³-hybridized carbons (Fsp3) is 0.263. The molecule has 148 valence electrons. The molecule has 7 nitrogen and oxygen atoms in total. The van der Waals surface area contributed by atoms with E-state index in [1.807, 2.05) is 0 Å². The highest BCUT2D eigenvalue weighted by Crippen LogP contribution is 2.39. The lowest BCUT2D eigenvalue weighted by Crippen LogP contribution is -2.34. The number of phenols is 1. The van der Waals surface area contributed by atoms with E-state index in [1.165, 1.54) is 24.6 Å². The van der Waals surface area contributed by atoms with Crippen molar-refractivity contribution in [1.29, 1.82) is 0 Å². The number of rotatable bonds is 6. The molecule has 2 aromatic rings. The Morgan fingerprint density at radius 3 is 2.39 bits per heavy atom. The van der Waals surface area contributed by atoms with Crippen molar-refractivity contribution >= 4 is 40.8 Å². The zero-order valence-electron chi connectivity index (χ0n) is 14.7. The molecule has 1 fully saturated rings. The fourth-order valence-electron chi connectivity index (χ4n) is 2.67. The molecule has 0 saturated heterocycles. The van der Waals surface area contributed by atoms with Gasteiger partial charge in [-0.05, 0) is 43.2 Å². The third kappa shape index (κ3) is 4.86. The van der Waals surface area contributed by atoms with E-state index in [1.54, 1.807) is 12.1 Å². The van der Waals surface area contributed by atoms with Crippen molar-refractivity contribution in [2.75, 3.05) is 5.32 Å². The van der Waals surface area contributed by atoms with Crippen LogP contribution in [0, 0.1) is 0 Å². The maximum absolute atomic E-state index is 11.3. The lowest BCUT2D eigenvalue weighted by atomic mass is 9.93. The molecular weight excluding hydrogens is 407 g/mol. The van der Waals surface area contributed by atoms with Crippen LogP contribution in [-0.4, -0.2) is 28.1 Å². The number of ether oxygens (including phenoxy) is 1. The van der Waals surface area contributed by atoms with Crippen molar-refractivity contribution in [3.8, 4) is 17.2 Å². The number of halogens is 2. The topological polar surface area (TPSA) is 108 Å². The number of phenolic OH excluding ortho intramolecular Hbond substituents is 1. The average molecular weight is 425 g/mol. The van der Waals surface area contributed by atoms with E-state index >= 15 is 0 Å². The van der Waals surface area contributed by atoms with Gasteiger partial charge in [-0.3, -0.25) is 4.79 Å². The van der Waals surface area contributed by atoms with E-state index in [9.17, 15) is 14.7 Å². The van der Waals surface area contributed by atoms with Gasteiger partial charge in [0.05, 0.1) is 10.0 Å². The number of carbonyl (C=O) groups is 2. The monoisotopic (exact) mass is 424 g/mol. The van der Waals surface area contributed by atoms with Crippen LogP contribution in [0.2, 0.25) is 10.0 Å². The molecule has 0 heterocycles. The second-order valence-corrected chi connectivity index (χ2v) is 7.24. The van der Waals surface area contributed by atoms with Gasteiger partial charge in [0.25, 0.3) is 0 Å². The molecule has 0 atom stereocenters. The number of hydrogen-bond acceptors (Lipinski definition) is 5. The van der Waals surface area contributed by atoms with Crippen molar-refractivity contribution in [2.24, 2.45) is 0 Å². The van der Waals surface area contributed by atoms with Gasteiger partial charge in [0.15, 0.2) is 5.75 Å². The van der Waals surface area contributed by atoms with Gasteiger partial charge in [0, 0.05) is 23.8 Å². The summed E-state index contributed by atoms with van der Waals surface area (Å²) in [6, 6.07) is 7.94. The molecule has 28 heavy (non-hydrogen) atoms. The zero-order chi connectivity index (χ0) is 20.3. The van der Waals surface area contributed by atoms with Gasteiger partial charge in [-0.15, -0.1) is 0 Å². The highest BCUT2D eigenvalue weighted by molar-refractivity contribution is 6.39. The van der Waals surface area contributed by atoms with E-state index in [-0.39, 0.29) is 27.2 Å². The van der Waals surface area contributed by atoms with Gasteiger partial charge in [-0.25, -0.2) is 4.79 Å². The van der Waals surface area contributed by atoms with Crippen molar-refractivity contribution in [3.63, 3.8) is 0 Å². The van der Waals surface area contributed by atoms with Gasteiger partial charge in [0.2, 0.25) is 0 Å². The number of aliphatic carboxylic acids is 1. The molecule has 0 aliphatic heterocycles. The second-order valence-electron chi connectivity index (χ2n) is 6.43. The number of anilines is 1. The van der Waals surface area contributed by atoms with Crippen LogP contribution in [-0.2, 0) is 16.1 Å². The lowest BCUT2D eigenvalue weighted by Gasteiger charge is -2.26. The molecular formula is C19H18Cl2N2O5. The number of hydrogen-bond donors (Lipinski definition) is 4. The van der Waals surface area contributed by atoms with Crippen LogP contribution < -0.4 is 15.4 Å². The van der Waals surface area contributed by atoms with Crippen LogP contribution in [0.1, 0.15) is 24.8 Å². The molecule has 2 aromatic carbocycles. The second kappa shape index (κ2) is 8.68. The molecule has 0 radical (unpaired) electrons. The minimum atomic E-state index is -1.63. The summed E-state index contributed by atoms with van der Waals surface area (Å²) in [5.41, 5.74) is 0.813. The number of carbonyl (C=O) groups excluding carboxylic acids is 1.